The highest BCUT2D eigenvalue weighted by Gasteiger charge is 2.72. The van der Waals surface area contributed by atoms with Gasteiger partial charge in [-0.3, -0.25) is 5.41 Å². The number of rotatable bonds is 7. The lowest BCUT2D eigenvalue weighted by molar-refractivity contribution is 0.0791. The number of aromatic nitrogens is 2. The van der Waals surface area contributed by atoms with Crippen molar-refractivity contribution in [2.45, 2.75) is 26.7 Å². The van der Waals surface area contributed by atoms with Crippen molar-refractivity contribution in [3.63, 3.8) is 0 Å². The van der Waals surface area contributed by atoms with E-state index in [2.05, 4.69) is 25.9 Å². The van der Waals surface area contributed by atoms with Crippen molar-refractivity contribution in [2.24, 2.45) is 28.7 Å². The molecule has 4 unspecified atom stereocenters. The summed E-state index contributed by atoms with van der Waals surface area (Å²) in [6, 6.07) is 50.6. The van der Waals surface area contributed by atoms with Crippen molar-refractivity contribution in [1.82, 2.24) is 9.97 Å². The van der Waals surface area contributed by atoms with Crippen molar-refractivity contribution in [1.29, 1.82) is 5.41 Å². The second-order valence-electron chi connectivity index (χ2n) is 14.6. The maximum absolute atomic E-state index is 13.5. The van der Waals surface area contributed by atoms with Crippen LogP contribution in [-0.4, -0.2) is 59.4 Å². The molecule has 6 nitrogen and oxygen atoms in total. The molecule has 4 fully saturated rings. The van der Waals surface area contributed by atoms with Crippen LogP contribution in [-0.2, 0) is 0 Å². The van der Waals surface area contributed by atoms with Crippen molar-refractivity contribution >= 4 is 44.8 Å². The van der Waals surface area contributed by atoms with Crippen LogP contribution in [0.15, 0.2) is 167 Å². The number of piperidine rings is 2. The van der Waals surface area contributed by atoms with Gasteiger partial charge in [0.1, 0.15) is 16.2 Å². The number of aliphatic imine (C=N–C) groups is 1. The number of nitrogens with one attached hydrogen (secondary N) is 1. The first-order chi connectivity index (χ1) is 27.6. The lowest BCUT2D eigenvalue weighted by Gasteiger charge is -2.20. The molecule has 0 spiro atoms. The lowest BCUT2D eigenvalue weighted by Crippen LogP contribution is -2.27. The Morgan fingerprint density at radius 3 is 1.25 bits per heavy atom. The molecule has 6 aromatic rings. The number of hydrogen-bond donors (Lipinski definition) is 1. The van der Waals surface area contributed by atoms with Crippen LogP contribution in [0.25, 0.3) is 0 Å². The summed E-state index contributed by atoms with van der Waals surface area (Å²) in [7, 11) is 0. The predicted molar refractivity (Wildman–Crippen MR) is 235 cm³/mol. The van der Waals surface area contributed by atoms with E-state index in [1.807, 2.05) is 168 Å². The van der Waals surface area contributed by atoms with Crippen LogP contribution in [0.5, 0.6) is 0 Å². The highest BCUT2D eigenvalue weighted by Crippen LogP contribution is 2.60. The van der Waals surface area contributed by atoms with E-state index in [4.69, 9.17) is 10.4 Å². The zero-order valence-electron chi connectivity index (χ0n) is 30.8. The molecule has 10 rings (SSSR count). The van der Waals surface area contributed by atoms with Crippen LogP contribution in [0.2, 0.25) is 0 Å². The van der Waals surface area contributed by atoms with Crippen LogP contribution in [0.1, 0.15) is 37.1 Å². The van der Waals surface area contributed by atoms with Crippen molar-refractivity contribution < 1.29 is 17.6 Å². The van der Waals surface area contributed by atoms with Gasteiger partial charge in [-0.25, -0.2) is 32.5 Å². The lowest BCUT2D eigenvalue weighted by atomic mass is 10.0. The quantitative estimate of drug-likeness (QED) is 0.0986. The molecule has 0 amide bonds. The van der Waals surface area contributed by atoms with Crippen LogP contribution in [0.3, 0.4) is 0 Å². The van der Waals surface area contributed by atoms with Crippen molar-refractivity contribution in [3.05, 3.63) is 185 Å². The van der Waals surface area contributed by atoms with Gasteiger partial charge in [-0.1, -0.05) is 148 Å². The molecule has 4 atom stereocenters. The Bertz CT molecular complexity index is 2240. The number of fused-ring (bicyclic) bond motifs is 2. The number of pyridine rings is 2. The third-order valence-corrected chi connectivity index (χ3v) is 11.4. The number of nitrogens with zero attached hydrogens (tertiary/aromatic N) is 5. The van der Waals surface area contributed by atoms with E-state index in [1.54, 1.807) is 0 Å². The van der Waals surface area contributed by atoms with E-state index in [0.29, 0.717) is 43.5 Å². The molecule has 4 heterocycles. The number of halogens is 5. The van der Waals surface area contributed by atoms with Gasteiger partial charge in [-0.05, 0) is 51.3 Å². The number of benzene rings is 4. The van der Waals surface area contributed by atoms with Crippen molar-refractivity contribution in [3.8, 4) is 0 Å². The number of anilines is 2. The zero-order chi connectivity index (χ0) is 39.6. The molecule has 304 valence electrons. The molecule has 1 N–H and O–H groups in total. The molecule has 0 radical (unpaired) electrons. The Kier molecular flexibility index (Phi) is 13.1. The first kappa shape index (κ1) is 42.9. The summed E-state index contributed by atoms with van der Waals surface area (Å²) < 4.78 is 53.6. The summed E-state index contributed by atoms with van der Waals surface area (Å²) in [4.78, 5) is 17.6. The minimum atomic E-state index is -2.49. The van der Waals surface area contributed by atoms with E-state index >= 15 is 0 Å². The van der Waals surface area contributed by atoms with Gasteiger partial charge in [0, 0.05) is 37.3 Å². The molecule has 0 bridgehead atoms. The molecule has 59 heavy (non-hydrogen) atoms. The largest absolute Gasteiger partial charge is 0.356 e. The fraction of sp³-hybridized carbons (Fsp3) is 0.250. The average molecular weight is 864 g/mol. The Balaban J connectivity index is 0.000000160. The summed E-state index contributed by atoms with van der Waals surface area (Å²) >= 11 is 3.27. The molecule has 2 aliphatic heterocycles. The minimum absolute atomic E-state index is 0. The maximum atomic E-state index is 13.5. The van der Waals surface area contributed by atoms with Crippen LogP contribution in [0.4, 0.5) is 35.0 Å². The van der Waals surface area contributed by atoms with Gasteiger partial charge in [0.15, 0.2) is 5.82 Å². The van der Waals surface area contributed by atoms with Crippen LogP contribution in [0, 0.1) is 29.1 Å². The van der Waals surface area contributed by atoms with E-state index in [-0.39, 0.29) is 14.9 Å². The molecule has 4 aromatic carbocycles. The van der Waals surface area contributed by atoms with Crippen LogP contribution < -0.4 is 9.80 Å². The van der Waals surface area contributed by atoms with E-state index in [9.17, 15) is 17.6 Å². The standard InChI is InChI=1S/C23H19F2N3.C13H11N.C10H9BrF2N2.2CH4/c24-23(25)18-14-28(15-19(18)23)21-13-7-12-20(26-21)27-22(16-8-3-1-4-9-16)17-10-5-2-6-11-17;14-13(11-7-3-1-4-8-11)12-9-5-2-6-10-12;11-8-2-1-3-9(14-8)15-4-6-7(5-15)10(6,12)13;;/h1-13,18-19H,14-15H2;1-10,14H;1-3,6-7H,4-5H2;2*1H4. The predicted octanol–water partition coefficient (Wildman–Crippen LogP) is 11.9. The molecular formula is C48H47BrF4N6. The molecule has 2 saturated heterocycles. The fourth-order valence-electron chi connectivity index (χ4n) is 7.59. The highest BCUT2D eigenvalue weighted by atomic mass is 79.9. The third kappa shape index (κ3) is 9.46. The van der Waals surface area contributed by atoms with Crippen molar-refractivity contribution in [2.75, 3.05) is 36.0 Å². The fourth-order valence-corrected chi connectivity index (χ4v) is 7.93. The van der Waals surface area contributed by atoms with Gasteiger partial charge in [0.05, 0.1) is 35.1 Å². The van der Waals surface area contributed by atoms with Gasteiger partial charge in [-0.15, -0.1) is 0 Å². The SMILES string of the molecule is C.C.FC1(F)C2CN(c3cccc(Br)n3)CC21.FC1(F)C2CN(c3cccc(N=C(c4ccccc4)c4ccccc4)n3)CC21.N=C(c1ccccc1)c1ccccc1. The van der Waals surface area contributed by atoms with E-state index in [0.717, 1.165) is 38.4 Å². The highest BCUT2D eigenvalue weighted by molar-refractivity contribution is 9.10. The first-order valence-electron chi connectivity index (χ1n) is 18.8. The monoisotopic (exact) mass is 862 g/mol. The maximum Gasteiger partial charge on any atom is 0.258 e. The Morgan fingerprint density at radius 1 is 0.508 bits per heavy atom. The summed E-state index contributed by atoms with van der Waals surface area (Å²) in [6.45, 7) is 1.59. The third-order valence-electron chi connectivity index (χ3n) is 10.9. The Morgan fingerprint density at radius 2 is 0.864 bits per heavy atom. The van der Waals surface area contributed by atoms with E-state index < -0.39 is 35.5 Å². The number of hydrogen-bond acceptors (Lipinski definition) is 6. The average Bonchev–Trinajstić information content (AvgIpc) is 3.67. The summed E-state index contributed by atoms with van der Waals surface area (Å²) in [5, 5.41) is 7.97. The number of alkyl halides is 4. The van der Waals surface area contributed by atoms with Gasteiger partial charge in [0.25, 0.3) is 11.8 Å². The summed E-state index contributed by atoms with van der Waals surface area (Å²) in [5.41, 5.74) is 5.33. The molecular weight excluding hydrogens is 816 g/mol. The van der Waals surface area contributed by atoms with Crippen LogP contribution >= 0.6 is 15.9 Å². The Hall–Kier alpha value is -5.68. The summed E-state index contributed by atoms with van der Waals surface area (Å²) in [6.07, 6.45) is 0. The first-order valence-corrected chi connectivity index (χ1v) is 19.6. The second-order valence-corrected chi connectivity index (χ2v) is 15.4. The molecule has 2 aromatic heterocycles. The minimum Gasteiger partial charge on any atom is -0.356 e. The van der Waals surface area contributed by atoms with E-state index in [1.165, 1.54) is 0 Å². The van der Waals surface area contributed by atoms with Gasteiger partial charge < -0.3 is 9.80 Å². The molecule has 2 saturated carbocycles. The Labute approximate surface area is 352 Å². The zero-order valence-corrected chi connectivity index (χ0v) is 32.4. The van der Waals surface area contributed by atoms with Gasteiger partial charge in [0.2, 0.25) is 0 Å². The smallest absolute Gasteiger partial charge is 0.258 e. The normalized spacial score (nSPS) is 20.7. The topological polar surface area (TPSA) is 68.5 Å². The van der Waals surface area contributed by atoms with Gasteiger partial charge >= 0.3 is 0 Å². The molecule has 2 aliphatic carbocycles. The van der Waals surface area contributed by atoms with Gasteiger partial charge in [-0.2, -0.15) is 0 Å². The summed E-state index contributed by atoms with van der Waals surface area (Å²) in [5.74, 6) is -4.76. The second kappa shape index (κ2) is 18.1. The molecule has 11 heteroatoms. The molecule has 4 aliphatic rings.